The lowest BCUT2D eigenvalue weighted by atomic mass is 9.77. The van der Waals surface area contributed by atoms with Gasteiger partial charge in [-0.25, -0.2) is 0 Å². The Balaban J connectivity index is 1.71. The zero-order valence-electron chi connectivity index (χ0n) is 14.5. The molecule has 0 saturated carbocycles. The smallest absolute Gasteiger partial charge is 0.309 e. The summed E-state index contributed by atoms with van der Waals surface area (Å²) in [7, 11) is 1.77. The summed E-state index contributed by atoms with van der Waals surface area (Å²) in [6, 6.07) is 8.49. The molecule has 2 aliphatic heterocycles. The predicted molar refractivity (Wildman–Crippen MR) is 91.6 cm³/mol. The molecular weight excluding hydrogens is 304 g/mol. The Morgan fingerprint density at radius 1 is 1.25 bits per heavy atom. The fourth-order valence-corrected chi connectivity index (χ4v) is 4.38. The van der Waals surface area contributed by atoms with Crippen molar-refractivity contribution in [2.24, 2.45) is 5.92 Å². The van der Waals surface area contributed by atoms with E-state index in [1.165, 1.54) is 11.1 Å². The van der Waals surface area contributed by atoms with Crippen LogP contribution in [0.4, 0.5) is 0 Å². The van der Waals surface area contributed by atoms with E-state index in [4.69, 9.17) is 0 Å². The lowest BCUT2D eigenvalue weighted by Gasteiger charge is -2.45. The number of hydrogen-bond donors (Lipinski definition) is 1. The monoisotopic (exact) mass is 330 g/mol. The molecule has 0 aliphatic carbocycles. The van der Waals surface area contributed by atoms with Gasteiger partial charge in [0.15, 0.2) is 0 Å². The van der Waals surface area contributed by atoms with Crippen LogP contribution < -0.4 is 0 Å². The summed E-state index contributed by atoms with van der Waals surface area (Å²) >= 11 is 0. The first kappa shape index (κ1) is 17.0. The molecule has 2 heterocycles. The van der Waals surface area contributed by atoms with Crippen molar-refractivity contribution in [2.75, 3.05) is 20.1 Å². The van der Waals surface area contributed by atoms with Crippen LogP contribution in [0, 0.1) is 5.92 Å². The van der Waals surface area contributed by atoms with Crippen molar-refractivity contribution < 1.29 is 14.7 Å². The number of carbonyl (C=O) groups is 2. The van der Waals surface area contributed by atoms with E-state index in [0.29, 0.717) is 0 Å². The van der Waals surface area contributed by atoms with Crippen LogP contribution in [-0.2, 0) is 22.6 Å². The van der Waals surface area contributed by atoms with Gasteiger partial charge in [-0.2, -0.15) is 0 Å². The van der Waals surface area contributed by atoms with E-state index in [-0.39, 0.29) is 12.3 Å². The third kappa shape index (κ3) is 2.81. The van der Waals surface area contributed by atoms with Crippen molar-refractivity contribution in [3.8, 4) is 0 Å². The summed E-state index contributed by atoms with van der Waals surface area (Å²) in [5, 5.41) is 9.54. The first-order valence-electron chi connectivity index (χ1n) is 8.76. The number of piperidine rings is 1. The lowest BCUT2D eigenvalue weighted by Crippen LogP contribution is -2.55. The highest BCUT2D eigenvalue weighted by molar-refractivity contribution is 5.88. The van der Waals surface area contributed by atoms with Crippen LogP contribution in [0.1, 0.15) is 37.3 Å². The Morgan fingerprint density at radius 3 is 2.46 bits per heavy atom. The van der Waals surface area contributed by atoms with E-state index in [1.54, 1.807) is 11.9 Å². The molecule has 5 nitrogen and oxygen atoms in total. The van der Waals surface area contributed by atoms with E-state index >= 15 is 0 Å². The molecule has 3 rings (SSSR count). The number of nitrogens with zero attached hydrogens (tertiary/aromatic N) is 2. The number of carboxylic acids is 1. The van der Waals surface area contributed by atoms with Crippen LogP contribution in [-0.4, -0.2) is 52.5 Å². The molecular formula is C19H26N2O3. The first-order valence-corrected chi connectivity index (χ1v) is 8.76. The van der Waals surface area contributed by atoms with E-state index in [0.717, 1.165) is 38.9 Å². The van der Waals surface area contributed by atoms with E-state index in [2.05, 4.69) is 36.1 Å². The molecule has 1 aromatic rings. The Hall–Kier alpha value is -1.88. The van der Waals surface area contributed by atoms with Crippen molar-refractivity contribution in [1.29, 1.82) is 0 Å². The number of aryl methyl sites for hydroxylation is 1. The standard InChI is InChI=1S/C19H26N2O3/c1-3-14-6-4-5-7-15(14)13-21-10-8-19(9-11-21)16(18(23)24)12-17(22)20(19)2/h4-7,16H,3,8-13H2,1-2H3,(H,23,24)/t16-/m1/s1. The summed E-state index contributed by atoms with van der Waals surface area (Å²) < 4.78 is 0. The Bertz CT molecular complexity index is 635. The van der Waals surface area contributed by atoms with Gasteiger partial charge in [-0.1, -0.05) is 31.2 Å². The van der Waals surface area contributed by atoms with Gasteiger partial charge in [0.25, 0.3) is 0 Å². The molecule has 130 valence electrons. The molecule has 1 N–H and O–H groups in total. The van der Waals surface area contributed by atoms with Crippen molar-refractivity contribution in [3.63, 3.8) is 0 Å². The molecule has 2 aliphatic rings. The minimum Gasteiger partial charge on any atom is -0.481 e. The summed E-state index contributed by atoms with van der Waals surface area (Å²) in [5.74, 6) is -1.44. The third-order valence-electron chi connectivity index (χ3n) is 5.98. The summed E-state index contributed by atoms with van der Waals surface area (Å²) in [5.41, 5.74) is 2.22. The molecule has 0 aromatic heterocycles. The summed E-state index contributed by atoms with van der Waals surface area (Å²) in [4.78, 5) is 27.8. The van der Waals surface area contributed by atoms with Gasteiger partial charge in [-0.05, 0) is 30.4 Å². The number of carboxylic acid groups (broad SMARTS) is 1. The number of rotatable bonds is 4. The maximum absolute atomic E-state index is 12.1. The fourth-order valence-electron chi connectivity index (χ4n) is 4.38. The molecule has 1 spiro atoms. The average Bonchev–Trinajstić information content (AvgIpc) is 2.83. The molecule has 2 fully saturated rings. The van der Waals surface area contributed by atoms with Gasteiger partial charge in [0.2, 0.25) is 5.91 Å². The largest absolute Gasteiger partial charge is 0.481 e. The number of likely N-dealkylation sites (tertiary alicyclic amines) is 2. The van der Waals surface area contributed by atoms with Crippen LogP contribution in [0.15, 0.2) is 24.3 Å². The SMILES string of the molecule is CCc1ccccc1CN1CCC2(CC1)[C@@H](C(=O)O)CC(=O)N2C. The van der Waals surface area contributed by atoms with Crippen molar-refractivity contribution >= 4 is 11.9 Å². The maximum Gasteiger partial charge on any atom is 0.309 e. The lowest BCUT2D eigenvalue weighted by molar-refractivity contribution is -0.146. The normalized spacial score (nSPS) is 23.8. The number of carbonyl (C=O) groups excluding carboxylic acids is 1. The van der Waals surface area contributed by atoms with Gasteiger partial charge >= 0.3 is 5.97 Å². The number of hydrogen-bond acceptors (Lipinski definition) is 3. The molecule has 0 bridgehead atoms. The average molecular weight is 330 g/mol. The molecule has 5 heteroatoms. The molecule has 1 atom stereocenters. The Morgan fingerprint density at radius 2 is 1.88 bits per heavy atom. The van der Waals surface area contributed by atoms with Crippen molar-refractivity contribution in [1.82, 2.24) is 9.80 Å². The third-order valence-corrected chi connectivity index (χ3v) is 5.98. The van der Waals surface area contributed by atoms with Gasteiger partial charge in [0.1, 0.15) is 0 Å². The minimum atomic E-state index is -0.836. The summed E-state index contributed by atoms with van der Waals surface area (Å²) in [6.07, 6.45) is 2.64. The second-order valence-electron chi connectivity index (χ2n) is 7.05. The molecule has 2 saturated heterocycles. The maximum atomic E-state index is 12.1. The number of aliphatic carboxylic acids is 1. The van der Waals surface area contributed by atoms with Crippen LogP contribution in [0.3, 0.4) is 0 Å². The number of benzene rings is 1. The highest BCUT2D eigenvalue weighted by atomic mass is 16.4. The first-order chi connectivity index (χ1) is 11.5. The summed E-state index contributed by atoms with van der Waals surface area (Å²) in [6.45, 7) is 4.73. The molecule has 24 heavy (non-hydrogen) atoms. The van der Waals surface area contributed by atoms with Gasteiger partial charge in [-0.3, -0.25) is 14.5 Å². The molecule has 1 aromatic carbocycles. The van der Waals surface area contributed by atoms with E-state index in [1.807, 2.05) is 0 Å². The van der Waals surface area contributed by atoms with Crippen LogP contribution in [0.25, 0.3) is 0 Å². The van der Waals surface area contributed by atoms with Gasteiger partial charge in [0.05, 0.1) is 11.5 Å². The zero-order valence-corrected chi connectivity index (χ0v) is 14.5. The van der Waals surface area contributed by atoms with Crippen LogP contribution in [0.5, 0.6) is 0 Å². The molecule has 0 radical (unpaired) electrons. The van der Waals surface area contributed by atoms with Crippen molar-refractivity contribution in [3.05, 3.63) is 35.4 Å². The highest BCUT2D eigenvalue weighted by Gasteiger charge is 2.55. The Labute approximate surface area is 143 Å². The van der Waals surface area contributed by atoms with Gasteiger partial charge in [-0.15, -0.1) is 0 Å². The second kappa shape index (κ2) is 6.55. The predicted octanol–water partition coefficient (Wildman–Crippen LogP) is 2.15. The van der Waals surface area contributed by atoms with Crippen LogP contribution >= 0.6 is 0 Å². The van der Waals surface area contributed by atoms with E-state index in [9.17, 15) is 14.7 Å². The highest BCUT2D eigenvalue weighted by Crippen LogP contribution is 2.43. The second-order valence-corrected chi connectivity index (χ2v) is 7.05. The fraction of sp³-hybridized carbons (Fsp3) is 0.579. The molecule has 0 unspecified atom stereocenters. The number of amides is 1. The van der Waals surface area contributed by atoms with Gasteiger partial charge < -0.3 is 10.0 Å². The van der Waals surface area contributed by atoms with Crippen LogP contribution in [0.2, 0.25) is 0 Å². The topological polar surface area (TPSA) is 60.9 Å². The van der Waals surface area contributed by atoms with E-state index < -0.39 is 17.4 Å². The quantitative estimate of drug-likeness (QED) is 0.919. The van der Waals surface area contributed by atoms with Crippen molar-refractivity contribution in [2.45, 2.75) is 44.7 Å². The minimum absolute atomic E-state index is 0.0350. The zero-order chi connectivity index (χ0) is 17.3. The van der Waals surface area contributed by atoms with Gasteiger partial charge in [0, 0.05) is 33.1 Å². The molecule has 1 amide bonds. The Kier molecular flexibility index (Phi) is 4.63.